The molecule has 0 aliphatic heterocycles. The van der Waals surface area contributed by atoms with E-state index in [0.717, 1.165) is 19.3 Å². The van der Waals surface area contributed by atoms with Crippen molar-refractivity contribution >= 4 is 5.91 Å². The van der Waals surface area contributed by atoms with Gasteiger partial charge in [-0.1, -0.05) is 0 Å². The molecule has 4 nitrogen and oxygen atoms in total. The number of aliphatic hydroxyl groups is 1. The molecule has 0 aromatic carbocycles. The largest absolute Gasteiger partial charge is 0.395 e. The summed E-state index contributed by atoms with van der Waals surface area (Å²) in [7, 11) is 1.70. The van der Waals surface area contributed by atoms with Crippen molar-refractivity contribution < 1.29 is 9.90 Å². The summed E-state index contributed by atoms with van der Waals surface area (Å²) >= 11 is 0. The quantitative estimate of drug-likeness (QED) is 0.634. The van der Waals surface area contributed by atoms with E-state index in [2.05, 4.69) is 0 Å². The summed E-state index contributed by atoms with van der Waals surface area (Å²) in [6, 6.07) is 0. The first-order valence-corrected chi connectivity index (χ1v) is 4.71. The van der Waals surface area contributed by atoms with E-state index in [-0.39, 0.29) is 18.1 Å². The van der Waals surface area contributed by atoms with Gasteiger partial charge < -0.3 is 15.7 Å². The average Bonchev–Trinajstić information content (AvgIpc) is 2.02. The number of hydrogen-bond donors (Lipinski definition) is 2. The molecule has 0 aromatic heterocycles. The number of rotatable bonds is 4. The minimum atomic E-state index is -0.249. The van der Waals surface area contributed by atoms with Crippen LogP contribution >= 0.6 is 0 Å². The maximum Gasteiger partial charge on any atom is 0.224 e. The molecule has 1 aliphatic rings. The van der Waals surface area contributed by atoms with E-state index in [1.165, 1.54) is 4.90 Å². The van der Waals surface area contributed by atoms with Crippen molar-refractivity contribution in [3.63, 3.8) is 0 Å². The van der Waals surface area contributed by atoms with E-state index in [0.29, 0.717) is 13.0 Å². The zero-order valence-electron chi connectivity index (χ0n) is 8.12. The third-order valence-electron chi connectivity index (χ3n) is 2.71. The SMILES string of the molecule is CN(CCO)C(=O)CC1(N)CCC1. The van der Waals surface area contributed by atoms with Gasteiger partial charge in [0.05, 0.1) is 6.61 Å². The van der Waals surface area contributed by atoms with Crippen LogP contribution in [0.5, 0.6) is 0 Å². The molecule has 0 bridgehead atoms. The van der Waals surface area contributed by atoms with Gasteiger partial charge >= 0.3 is 0 Å². The van der Waals surface area contributed by atoms with Crippen molar-refractivity contribution in [3.8, 4) is 0 Å². The summed E-state index contributed by atoms with van der Waals surface area (Å²) in [5.74, 6) is 0.0382. The summed E-state index contributed by atoms with van der Waals surface area (Å²) in [6.45, 7) is 0.411. The first kappa shape index (κ1) is 10.5. The van der Waals surface area contributed by atoms with Crippen molar-refractivity contribution in [2.45, 2.75) is 31.2 Å². The molecule has 13 heavy (non-hydrogen) atoms. The highest BCUT2D eigenvalue weighted by Crippen LogP contribution is 2.32. The molecule has 0 spiro atoms. The number of aliphatic hydroxyl groups excluding tert-OH is 1. The molecular weight excluding hydrogens is 168 g/mol. The molecular formula is C9H18N2O2. The molecule has 0 heterocycles. The van der Waals surface area contributed by atoms with Gasteiger partial charge in [0.1, 0.15) is 0 Å². The first-order valence-electron chi connectivity index (χ1n) is 4.71. The Hall–Kier alpha value is -0.610. The van der Waals surface area contributed by atoms with Crippen molar-refractivity contribution in [1.29, 1.82) is 0 Å². The summed E-state index contributed by atoms with van der Waals surface area (Å²) < 4.78 is 0. The molecule has 3 N–H and O–H groups in total. The van der Waals surface area contributed by atoms with Gasteiger partial charge in [-0.3, -0.25) is 4.79 Å². The molecule has 0 radical (unpaired) electrons. The van der Waals surface area contributed by atoms with Crippen LogP contribution in [0.25, 0.3) is 0 Å². The third-order valence-corrected chi connectivity index (χ3v) is 2.71. The summed E-state index contributed by atoms with van der Waals surface area (Å²) in [6.07, 6.45) is 3.45. The van der Waals surface area contributed by atoms with Crippen LogP contribution < -0.4 is 5.73 Å². The molecule has 1 fully saturated rings. The zero-order chi connectivity index (χ0) is 9.90. The molecule has 4 heteroatoms. The fraction of sp³-hybridized carbons (Fsp3) is 0.889. The van der Waals surface area contributed by atoms with E-state index < -0.39 is 0 Å². The van der Waals surface area contributed by atoms with Gasteiger partial charge in [-0.25, -0.2) is 0 Å². The van der Waals surface area contributed by atoms with E-state index in [1.807, 2.05) is 0 Å². The smallest absolute Gasteiger partial charge is 0.224 e. The Labute approximate surface area is 78.7 Å². The van der Waals surface area contributed by atoms with Gasteiger partial charge in [-0.2, -0.15) is 0 Å². The molecule has 1 amide bonds. The minimum absolute atomic E-state index is 0.0137. The maximum atomic E-state index is 11.5. The molecule has 0 aromatic rings. The predicted octanol–water partition coefficient (Wildman–Crippen LogP) is -0.291. The van der Waals surface area contributed by atoms with Crippen LogP contribution in [0, 0.1) is 0 Å². The topological polar surface area (TPSA) is 66.6 Å². The number of nitrogens with zero attached hydrogens (tertiary/aromatic N) is 1. The van der Waals surface area contributed by atoms with Crippen LogP contribution in [0.4, 0.5) is 0 Å². The number of carbonyl (C=O) groups excluding carboxylic acids is 1. The minimum Gasteiger partial charge on any atom is -0.395 e. The Bertz CT molecular complexity index is 190. The monoisotopic (exact) mass is 186 g/mol. The molecule has 0 unspecified atom stereocenters. The standard InChI is InChI=1S/C9H18N2O2/c1-11(5-6-12)8(13)7-9(10)3-2-4-9/h12H,2-7,10H2,1H3. The van der Waals surface area contributed by atoms with Gasteiger partial charge in [0.15, 0.2) is 0 Å². The molecule has 76 valence electrons. The van der Waals surface area contributed by atoms with Gasteiger partial charge in [0.25, 0.3) is 0 Å². The highest BCUT2D eigenvalue weighted by molar-refractivity contribution is 5.77. The fourth-order valence-corrected chi connectivity index (χ4v) is 1.52. The predicted molar refractivity (Wildman–Crippen MR) is 50.1 cm³/mol. The molecule has 1 saturated carbocycles. The Morgan fingerprint density at radius 1 is 1.62 bits per heavy atom. The Kier molecular flexibility index (Phi) is 3.27. The molecule has 1 rings (SSSR count). The Balaban J connectivity index is 2.31. The second kappa shape index (κ2) is 4.07. The third kappa shape index (κ3) is 2.67. The lowest BCUT2D eigenvalue weighted by atomic mass is 9.75. The van der Waals surface area contributed by atoms with Crippen molar-refractivity contribution in [2.24, 2.45) is 5.73 Å². The van der Waals surface area contributed by atoms with Crippen molar-refractivity contribution in [3.05, 3.63) is 0 Å². The van der Waals surface area contributed by atoms with Gasteiger partial charge in [0.2, 0.25) is 5.91 Å². The number of hydrogen-bond acceptors (Lipinski definition) is 3. The first-order chi connectivity index (χ1) is 6.07. The van der Waals surface area contributed by atoms with E-state index in [9.17, 15) is 4.79 Å². The second-order valence-corrected chi connectivity index (χ2v) is 3.93. The summed E-state index contributed by atoms with van der Waals surface area (Å²) in [5, 5.41) is 8.63. The van der Waals surface area contributed by atoms with Crippen LogP contribution in [0.2, 0.25) is 0 Å². The normalized spacial score (nSPS) is 19.3. The number of likely N-dealkylation sites (N-methyl/N-ethyl adjacent to an activating group) is 1. The number of nitrogens with two attached hydrogens (primary N) is 1. The van der Waals surface area contributed by atoms with Crippen LogP contribution in [-0.2, 0) is 4.79 Å². The fourth-order valence-electron chi connectivity index (χ4n) is 1.52. The van der Waals surface area contributed by atoms with E-state index in [4.69, 9.17) is 10.8 Å². The van der Waals surface area contributed by atoms with Crippen LogP contribution in [0.1, 0.15) is 25.7 Å². The van der Waals surface area contributed by atoms with Crippen LogP contribution in [0.15, 0.2) is 0 Å². The Morgan fingerprint density at radius 3 is 2.62 bits per heavy atom. The lowest BCUT2D eigenvalue weighted by Gasteiger charge is -2.38. The number of carbonyl (C=O) groups is 1. The lowest BCUT2D eigenvalue weighted by Crippen LogP contribution is -2.50. The highest BCUT2D eigenvalue weighted by Gasteiger charge is 2.35. The van der Waals surface area contributed by atoms with Crippen molar-refractivity contribution in [1.82, 2.24) is 4.90 Å². The molecule has 1 aliphatic carbocycles. The van der Waals surface area contributed by atoms with E-state index >= 15 is 0 Å². The molecule has 0 saturated heterocycles. The summed E-state index contributed by atoms with van der Waals surface area (Å²) in [4.78, 5) is 13.0. The highest BCUT2D eigenvalue weighted by atomic mass is 16.3. The zero-order valence-corrected chi connectivity index (χ0v) is 8.12. The van der Waals surface area contributed by atoms with Crippen LogP contribution in [-0.4, -0.2) is 41.7 Å². The van der Waals surface area contributed by atoms with Crippen molar-refractivity contribution in [2.75, 3.05) is 20.2 Å². The van der Waals surface area contributed by atoms with Gasteiger partial charge in [0, 0.05) is 25.6 Å². The second-order valence-electron chi connectivity index (χ2n) is 3.93. The summed E-state index contributed by atoms with van der Waals surface area (Å²) in [5.41, 5.74) is 5.68. The molecule has 0 atom stereocenters. The number of amides is 1. The lowest BCUT2D eigenvalue weighted by molar-refractivity contribution is -0.132. The van der Waals surface area contributed by atoms with Crippen LogP contribution in [0.3, 0.4) is 0 Å². The van der Waals surface area contributed by atoms with E-state index in [1.54, 1.807) is 7.05 Å². The maximum absolute atomic E-state index is 11.5. The van der Waals surface area contributed by atoms with Gasteiger partial charge in [-0.15, -0.1) is 0 Å². The van der Waals surface area contributed by atoms with Gasteiger partial charge in [-0.05, 0) is 19.3 Å². The Morgan fingerprint density at radius 2 is 2.23 bits per heavy atom. The average molecular weight is 186 g/mol.